The molecule has 0 atom stereocenters. The summed E-state index contributed by atoms with van der Waals surface area (Å²) in [6.07, 6.45) is 0. The summed E-state index contributed by atoms with van der Waals surface area (Å²) >= 11 is 0. The average Bonchev–Trinajstić information content (AvgIpc) is 3.39. The Morgan fingerprint density at radius 2 is 0.647 bits per heavy atom. The Morgan fingerprint density at radius 1 is 0.382 bits per heavy atom. The third-order valence-electron chi connectivity index (χ3n) is 7.16. The van der Waals surface area contributed by atoms with Crippen molar-refractivity contribution < 1.29 is 0 Å². The van der Waals surface area contributed by atoms with Crippen molar-refractivity contribution in [2.45, 2.75) is 13.8 Å². The molecule has 34 heavy (non-hydrogen) atoms. The molecule has 2 aromatic heterocycles. The van der Waals surface area contributed by atoms with E-state index in [1.54, 1.807) is 0 Å². The second-order valence-corrected chi connectivity index (χ2v) is 9.16. The van der Waals surface area contributed by atoms with Crippen LogP contribution in [0.5, 0.6) is 0 Å². The highest BCUT2D eigenvalue weighted by atomic mass is 15.0. The smallest absolute Gasteiger partial charge is 0.0541 e. The lowest BCUT2D eigenvalue weighted by molar-refractivity contribution is 1.10. The van der Waals surface area contributed by atoms with Crippen molar-refractivity contribution in [1.29, 1.82) is 0 Å². The monoisotopic (exact) mass is 436 g/mol. The molecule has 7 aromatic rings. The molecule has 0 saturated heterocycles. The Kier molecular flexibility index (Phi) is 4.01. The second kappa shape index (κ2) is 7.10. The van der Waals surface area contributed by atoms with Crippen LogP contribution in [0.3, 0.4) is 0 Å². The van der Waals surface area contributed by atoms with Crippen LogP contribution in [0.2, 0.25) is 0 Å². The zero-order chi connectivity index (χ0) is 22.8. The van der Waals surface area contributed by atoms with Crippen LogP contribution in [0.1, 0.15) is 11.1 Å². The molecule has 2 nitrogen and oxygen atoms in total. The maximum absolute atomic E-state index is 2.42. The van der Waals surface area contributed by atoms with Gasteiger partial charge in [0.25, 0.3) is 0 Å². The fourth-order valence-electron chi connectivity index (χ4n) is 5.63. The van der Waals surface area contributed by atoms with Crippen molar-refractivity contribution in [1.82, 2.24) is 9.13 Å². The molecule has 0 N–H and O–H groups in total. The van der Waals surface area contributed by atoms with Crippen molar-refractivity contribution in [3.63, 3.8) is 0 Å². The molecule has 0 unspecified atom stereocenters. The number of aromatic nitrogens is 2. The second-order valence-electron chi connectivity index (χ2n) is 9.16. The van der Waals surface area contributed by atoms with Gasteiger partial charge < -0.3 is 9.13 Å². The maximum Gasteiger partial charge on any atom is 0.0541 e. The van der Waals surface area contributed by atoms with Gasteiger partial charge in [0.2, 0.25) is 0 Å². The van der Waals surface area contributed by atoms with Gasteiger partial charge >= 0.3 is 0 Å². The minimum Gasteiger partial charge on any atom is -0.309 e. The van der Waals surface area contributed by atoms with E-state index in [2.05, 4.69) is 132 Å². The molecule has 0 aliphatic rings. The molecule has 0 amide bonds. The number of hydrogen-bond acceptors (Lipinski definition) is 0. The van der Waals surface area contributed by atoms with E-state index in [9.17, 15) is 0 Å². The average molecular weight is 437 g/mol. The van der Waals surface area contributed by atoms with E-state index in [0.29, 0.717) is 0 Å². The number of fused-ring (bicyclic) bond motifs is 6. The van der Waals surface area contributed by atoms with Crippen LogP contribution in [0.25, 0.3) is 55.0 Å². The molecule has 0 fully saturated rings. The van der Waals surface area contributed by atoms with E-state index in [0.717, 1.165) is 0 Å². The Hall–Kier alpha value is -4.30. The van der Waals surface area contributed by atoms with Gasteiger partial charge in [-0.05, 0) is 61.4 Å². The number of benzene rings is 5. The van der Waals surface area contributed by atoms with Crippen LogP contribution in [-0.2, 0) is 0 Å². The molecule has 0 radical (unpaired) electrons. The van der Waals surface area contributed by atoms with E-state index in [-0.39, 0.29) is 0 Å². The zero-order valence-electron chi connectivity index (χ0n) is 19.3. The van der Waals surface area contributed by atoms with E-state index < -0.39 is 0 Å². The molecular weight excluding hydrogens is 412 g/mol. The molecule has 0 aliphatic heterocycles. The van der Waals surface area contributed by atoms with Crippen LogP contribution >= 0.6 is 0 Å². The lowest BCUT2D eigenvalue weighted by Crippen LogP contribution is -2.03. The van der Waals surface area contributed by atoms with Crippen molar-refractivity contribution in [2.24, 2.45) is 0 Å². The molecule has 5 aromatic carbocycles. The Labute approximate surface area is 198 Å². The van der Waals surface area contributed by atoms with Gasteiger partial charge in [-0.1, -0.05) is 72.8 Å². The summed E-state index contributed by atoms with van der Waals surface area (Å²) in [5.74, 6) is 0. The normalized spacial score (nSPS) is 11.8. The molecule has 0 bridgehead atoms. The fourth-order valence-corrected chi connectivity index (χ4v) is 5.63. The van der Waals surface area contributed by atoms with Crippen LogP contribution in [-0.4, -0.2) is 9.13 Å². The number of rotatable bonds is 2. The van der Waals surface area contributed by atoms with Gasteiger partial charge in [0.05, 0.1) is 22.1 Å². The molecule has 162 valence electrons. The molecule has 2 heterocycles. The zero-order valence-corrected chi connectivity index (χ0v) is 19.3. The predicted molar refractivity (Wildman–Crippen MR) is 145 cm³/mol. The first-order valence-corrected chi connectivity index (χ1v) is 11.8. The minimum atomic E-state index is 1.24. The highest BCUT2D eigenvalue weighted by molar-refractivity contribution is 6.10. The first kappa shape index (κ1) is 19.2. The summed E-state index contributed by atoms with van der Waals surface area (Å²) in [6.45, 7) is 4.46. The third-order valence-corrected chi connectivity index (χ3v) is 7.16. The number of nitrogens with zero attached hydrogens (tertiary/aromatic N) is 2. The number of para-hydroxylation sites is 4. The first-order chi connectivity index (χ1) is 16.7. The van der Waals surface area contributed by atoms with Crippen LogP contribution in [0.4, 0.5) is 0 Å². The standard InChI is InChI=1S/C32H24N2/c1-21-19-32(34-29-17-9-5-13-25(29)26-14-6-10-18-30(26)34)22(2)20-31(21)33-27-15-7-3-11-23(27)24-12-4-8-16-28(24)33/h3-20H,1-2H3. The van der Waals surface area contributed by atoms with Crippen LogP contribution < -0.4 is 0 Å². The van der Waals surface area contributed by atoms with Crippen molar-refractivity contribution >= 4 is 43.6 Å². The molecule has 0 spiro atoms. The maximum atomic E-state index is 2.42. The van der Waals surface area contributed by atoms with Gasteiger partial charge in [-0.2, -0.15) is 0 Å². The fraction of sp³-hybridized carbons (Fsp3) is 0.0625. The highest BCUT2D eigenvalue weighted by Gasteiger charge is 2.17. The summed E-state index contributed by atoms with van der Waals surface area (Å²) < 4.78 is 4.84. The van der Waals surface area contributed by atoms with Gasteiger partial charge in [0.1, 0.15) is 0 Å². The van der Waals surface area contributed by atoms with Gasteiger partial charge in [0, 0.05) is 32.9 Å². The Morgan fingerprint density at radius 3 is 0.941 bits per heavy atom. The van der Waals surface area contributed by atoms with Crippen molar-refractivity contribution in [3.8, 4) is 11.4 Å². The molecule has 7 rings (SSSR count). The van der Waals surface area contributed by atoms with E-state index in [4.69, 9.17) is 0 Å². The van der Waals surface area contributed by atoms with E-state index in [1.165, 1.54) is 66.1 Å². The largest absolute Gasteiger partial charge is 0.309 e. The van der Waals surface area contributed by atoms with Crippen molar-refractivity contribution in [2.75, 3.05) is 0 Å². The van der Waals surface area contributed by atoms with Gasteiger partial charge in [-0.3, -0.25) is 0 Å². The summed E-state index contributed by atoms with van der Waals surface area (Å²) in [5.41, 5.74) is 9.97. The van der Waals surface area contributed by atoms with E-state index in [1.807, 2.05) is 0 Å². The molecule has 0 aliphatic carbocycles. The quantitative estimate of drug-likeness (QED) is 0.257. The third kappa shape index (κ3) is 2.57. The molecular formula is C32H24N2. The Balaban J connectivity index is 1.54. The first-order valence-electron chi connectivity index (χ1n) is 11.8. The summed E-state index contributed by atoms with van der Waals surface area (Å²) in [5, 5.41) is 5.17. The lowest BCUT2D eigenvalue weighted by atomic mass is 10.1. The summed E-state index contributed by atoms with van der Waals surface area (Å²) in [4.78, 5) is 0. The molecule has 2 heteroatoms. The lowest BCUT2D eigenvalue weighted by Gasteiger charge is -2.17. The summed E-state index contributed by atoms with van der Waals surface area (Å²) in [6, 6.07) is 39.6. The minimum absolute atomic E-state index is 1.24. The van der Waals surface area contributed by atoms with Crippen LogP contribution in [0.15, 0.2) is 109 Å². The Bertz CT molecular complexity index is 1630. The SMILES string of the molecule is Cc1cc(-n2c3ccccc3c3ccccc32)c(C)cc1-n1c2ccccc2c2ccccc21. The highest BCUT2D eigenvalue weighted by Crippen LogP contribution is 2.37. The predicted octanol–water partition coefficient (Wildman–Crippen LogP) is 8.50. The van der Waals surface area contributed by atoms with Gasteiger partial charge in [-0.25, -0.2) is 0 Å². The molecule has 0 saturated carbocycles. The number of hydrogen-bond donors (Lipinski definition) is 0. The van der Waals surface area contributed by atoms with Crippen LogP contribution in [0, 0.1) is 13.8 Å². The van der Waals surface area contributed by atoms with Gasteiger partial charge in [-0.15, -0.1) is 0 Å². The van der Waals surface area contributed by atoms with E-state index >= 15 is 0 Å². The van der Waals surface area contributed by atoms with Gasteiger partial charge in [0.15, 0.2) is 0 Å². The topological polar surface area (TPSA) is 9.86 Å². The van der Waals surface area contributed by atoms with Crippen molar-refractivity contribution in [3.05, 3.63) is 120 Å². The number of aryl methyl sites for hydroxylation is 2. The summed E-state index contributed by atoms with van der Waals surface area (Å²) in [7, 11) is 0.